The molecule has 25 heavy (non-hydrogen) atoms. The fraction of sp³-hybridized carbons (Fsp3) is 0.211. The zero-order chi connectivity index (χ0) is 18.4. The first-order valence-corrected chi connectivity index (χ1v) is 7.67. The zero-order valence-corrected chi connectivity index (χ0v) is 13.8. The maximum atomic E-state index is 12.6. The number of allylic oxidation sites excluding steroid dienone is 1. The molecule has 0 amide bonds. The summed E-state index contributed by atoms with van der Waals surface area (Å²) in [6, 6.07) is 11.4. The topological polar surface area (TPSA) is 38.3 Å². The van der Waals surface area contributed by atoms with E-state index in [0.717, 1.165) is 12.1 Å². The number of hydrogen-bond acceptors (Lipinski definition) is 3. The Bertz CT molecular complexity index is 750. The largest absolute Gasteiger partial charge is 0.491 e. The summed E-state index contributed by atoms with van der Waals surface area (Å²) in [5.41, 5.74) is -0.0456. The third kappa shape index (κ3) is 5.67. The molecule has 0 bridgehead atoms. The van der Waals surface area contributed by atoms with Gasteiger partial charge in [-0.2, -0.15) is 13.2 Å². The summed E-state index contributed by atoms with van der Waals surface area (Å²) in [6.45, 7) is 3.81. The van der Waals surface area contributed by atoms with Gasteiger partial charge in [0, 0.05) is 23.5 Å². The highest BCUT2D eigenvalue weighted by atomic mass is 19.4. The molecule has 132 valence electrons. The quantitative estimate of drug-likeness (QED) is 0.568. The highest BCUT2D eigenvalue weighted by Crippen LogP contribution is 2.30. The number of benzene rings is 2. The second-order valence-electron chi connectivity index (χ2n) is 5.61. The minimum absolute atomic E-state index is 0.0399. The van der Waals surface area contributed by atoms with Gasteiger partial charge in [-0.05, 0) is 56.3 Å². The van der Waals surface area contributed by atoms with E-state index in [2.05, 4.69) is 5.32 Å². The van der Waals surface area contributed by atoms with Crippen LogP contribution in [-0.2, 0) is 6.18 Å². The molecule has 0 aliphatic heterocycles. The average Bonchev–Trinajstić information content (AvgIpc) is 2.54. The van der Waals surface area contributed by atoms with Gasteiger partial charge in [0.25, 0.3) is 0 Å². The van der Waals surface area contributed by atoms with E-state index in [-0.39, 0.29) is 17.6 Å². The minimum atomic E-state index is -4.41. The molecule has 0 aliphatic rings. The van der Waals surface area contributed by atoms with Crippen LogP contribution in [0.5, 0.6) is 5.75 Å². The number of carbonyl (C=O) groups excluding carboxylic acids is 1. The van der Waals surface area contributed by atoms with E-state index in [9.17, 15) is 18.0 Å². The molecule has 0 heterocycles. The van der Waals surface area contributed by atoms with Crippen LogP contribution in [-0.4, -0.2) is 11.9 Å². The van der Waals surface area contributed by atoms with Gasteiger partial charge in [-0.1, -0.05) is 6.07 Å². The Morgan fingerprint density at radius 3 is 2.40 bits per heavy atom. The number of alkyl halides is 3. The van der Waals surface area contributed by atoms with Crippen molar-refractivity contribution < 1.29 is 22.7 Å². The Morgan fingerprint density at radius 1 is 1.12 bits per heavy atom. The van der Waals surface area contributed by atoms with E-state index >= 15 is 0 Å². The molecule has 0 atom stereocenters. The van der Waals surface area contributed by atoms with Gasteiger partial charge in [0.2, 0.25) is 0 Å². The van der Waals surface area contributed by atoms with Crippen LogP contribution >= 0.6 is 0 Å². The fourth-order valence-corrected chi connectivity index (χ4v) is 2.07. The van der Waals surface area contributed by atoms with Crippen LogP contribution in [0.4, 0.5) is 18.9 Å². The van der Waals surface area contributed by atoms with Gasteiger partial charge in [0.05, 0.1) is 11.7 Å². The van der Waals surface area contributed by atoms with Crippen molar-refractivity contribution in [3.05, 3.63) is 71.9 Å². The van der Waals surface area contributed by atoms with Crippen molar-refractivity contribution in [1.29, 1.82) is 0 Å². The molecule has 0 aliphatic carbocycles. The zero-order valence-electron chi connectivity index (χ0n) is 13.8. The van der Waals surface area contributed by atoms with Crippen molar-refractivity contribution >= 4 is 11.5 Å². The molecule has 2 aromatic carbocycles. The van der Waals surface area contributed by atoms with E-state index in [1.54, 1.807) is 24.3 Å². The van der Waals surface area contributed by atoms with E-state index < -0.39 is 11.7 Å². The molecule has 0 spiro atoms. The van der Waals surface area contributed by atoms with Crippen molar-refractivity contribution in [2.45, 2.75) is 26.1 Å². The molecular formula is C19H18F3NO2. The maximum absolute atomic E-state index is 12.6. The second-order valence-corrected chi connectivity index (χ2v) is 5.61. The Hall–Kier alpha value is -2.76. The van der Waals surface area contributed by atoms with Gasteiger partial charge >= 0.3 is 6.18 Å². The Kier molecular flexibility index (Phi) is 5.85. The van der Waals surface area contributed by atoms with Crippen molar-refractivity contribution in [3.63, 3.8) is 0 Å². The number of ketones is 1. The number of halogens is 3. The molecule has 0 fully saturated rings. The normalized spacial score (nSPS) is 11.8. The molecule has 1 N–H and O–H groups in total. The smallest absolute Gasteiger partial charge is 0.416 e. The highest BCUT2D eigenvalue weighted by Gasteiger charge is 2.30. The summed E-state index contributed by atoms with van der Waals surface area (Å²) in [7, 11) is 0. The third-order valence-electron chi connectivity index (χ3n) is 3.19. The first kappa shape index (κ1) is 18.6. The van der Waals surface area contributed by atoms with Gasteiger partial charge < -0.3 is 10.1 Å². The predicted molar refractivity (Wildman–Crippen MR) is 90.7 cm³/mol. The van der Waals surface area contributed by atoms with Crippen LogP contribution in [0.1, 0.15) is 29.8 Å². The van der Waals surface area contributed by atoms with Crippen LogP contribution in [0.3, 0.4) is 0 Å². The molecule has 6 heteroatoms. The van der Waals surface area contributed by atoms with Gasteiger partial charge in [-0.25, -0.2) is 0 Å². The van der Waals surface area contributed by atoms with Crippen LogP contribution in [0.2, 0.25) is 0 Å². The molecule has 0 radical (unpaired) electrons. The van der Waals surface area contributed by atoms with Gasteiger partial charge in [0.15, 0.2) is 5.78 Å². The highest BCUT2D eigenvalue weighted by molar-refractivity contribution is 6.04. The van der Waals surface area contributed by atoms with Crippen molar-refractivity contribution in [3.8, 4) is 5.75 Å². The molecular weight excluding hydrogens is 331 g/mol. The Labute approximate surface area is 144 Å². The Balaban J connectivity index is 1.99. The lowest BCUT2D eigenvalue weighted by Gasteiger charge is -2.09. The monoisotopic (exact) mass is 349 g/mol. The van der Waals surface area contributed by atoms with Crippen molar-refractivity contribution in [2.24, 2.45) is 0 Å². The van der Waals surface area contributed by atoms with Gasteiger partial charge in [-0.15, -0.1) is 0 Å². The summed E-state index contributed by atoms with van der Waals surface area (Å²) >= 11 is 0. The molecule has 2 aromatic rings. The first-order valence-electron chi connectivity index (χ1n) is 7.67. The molecule has 0 unspecified atom stereocenters. The summed E-state index contributed by atoms with van der Waals surface area (Å²) in [5, 5.41) is 2.67. The van der Waals surface area contributed by atoms with E-state index in [0.29, 0.717) is 11.3 Å². The fourth-order valence-electron chi connectivity index (χ4n) is 2.07. The third-order valence-corrected chi connectivity index (χ3v) is 3.19. The lowest BCUT2D eigenvalue weighted by Crippen LogP contribution is -2.05. The van der Waals surface area contributed by atoms with Gasteiger partial charge in [0.1, 0.15) is 5.75 Å². The van der Waals surface area contributed by atoms with Crippen molar-refractivity contribution in [1.82, 2.24) is 0 Å². The average molecular weight is 349 g/mol. The molecule has 0 saturated heterocycles. The SMILES string of the molecule is CC(C)Oc1ccc(C(=O)C=CNc2cccc(C(F)(F)F)c2)cc1. The van der Waals surface area contributed by atoms with E-state index in [1.807, 2.05) is 13.8 Å². The van der Waals surface area contributed by atoms with E-state index in [4.69, 9.17) is 4.74 Å². The number of ether oxygens (including phenoxy) is 1. The van der Waals surface area contributed by atoms with E-state index in [1.165, 1.54) is 24.4 Å². The number of carbonyl (C=O) groups is 1. The maximum Gasteiger partial charge on any atom is 0.416 e. The molecule has 2 rings (SSSR count). The first-order chi connectivity index (χ1) is 11.8. The van der Waals surface area contributed by atoms with Gasteiger partial charge in [-0.3, -0.25) is 4.79 Å². The summed E-state index contributed by atoms with van der Waals surface area (Å²) in [4.78, 5) is 12.0. The van der Waals surface area contributed by atoms with Crippen LogP contribution < -0.4 is 10.1 Å². The standard InChI is InChI=1S/C19H18F3NO2/c1-13(2)25-17-8-6-14(7-9-17)18(24)10-11-23-16-5-3-4-15(12-16)19(20,21)22/h3-13,23H,1-2H3. The lowest BCUT2D eigenvalue weighted by molar-refractivity contribution is -0.137. The summed E-state index contributed by atoms with van der Waals surface area (Å²) < 4.78 is 43.4. The minimum Gasteiger partial charge on any atom is -0.491 e. The number of hydrogen-bond donors (Lipinski definition) is 1. The number of rotatable bonds is 6. The van der Waals surface area contributed by atoms with Crippen LogP contribution in [0.25, 0.3) is 0 Å². The second kappa shape index (κ2) is 7.88. The number of nitrogens with one attached hydrogen (secondary N) is 1. The summed E-state index contributed by atoms with van der Waals surface area (Å²) in [5.74, 6) is 0.396. The van der Waals surface area contributed by atoms with Crippen LogP contribution in [0.15, 0.2) is 60.8 Å². The van der Waals surface area contributed by atoms with Crippen LogP contribution in [0, 0.1) is 0 Å². The summed E-state index contributed by atoms with van der Waals surface area (Å²) in [6.07, 6.45) is -1.79. The predicted octanol–water partition coefficient (Wildman–Crippen LogP) is 5.30. The molecule has 3 nitrogen and oxygen atoms in total. The molecule has 0 saturated carbocycles. The van der Waals surface area contributed by atoms with Crippen molar-refractivity contribution in [2.75, 3.05) is 5.32 Å². The lowest BCUT2D eigenvalue weighted by atomic mass is 10.1. The Morgan fingerprint density at radius 2 is 1.80 bits per heavy atom. The molecule has 0 aromatic heterocycles. The number of anilines is 1.